The Labute approximate surface area is 152 Å². The molecule has 1 N–H and O–H groups in total. The molecule has 1 aromatic heterocycles. The molecule has 3 rings (SSSR count). The molecule has 0 spiro atoms. The fourth-order valence-corrected chi connectivity index (χ4v) is 2.61. The highest BCUT2D eigenvalue weighted by Gasteiger charge is 2.11. The van der Waals surface area contributed by atoms with Gasteiger partial charge < -0.3 is 10.1 Å². The minimum atomic E-state index is -0.289. The summed E-state index contributed by atoms with van der Waals surface area (Å²) in [6, 6.07) is 15.8. The van der Waals surface area contributed by atoms with Gasteiger partial charge in [-0.2, -0.15) is 0 Å². The summed E-state index contributed by atoms with van der Waals surface area (Å²) in [7, 11) is 0. The summed E-state index contributed by atoms with van der Waals surface area (Å²) in [5.41, 5.74) is 1.01. The van der Waals surface area contributed by atoms with Crippen LogP contribution >= 0.6 is 27.5 Å². The van der Waals surface area contributed by atoms with Gasteiger partial charge in [0.05, 0.1) is 10.6 Å². The molecule has 0 unspecified atom stereocenters. The van der Waals surface area contributed by atoms with Crippen LogP contribution in [0, 0.1) is 0 Å². The maximum atomic E-state index is 12.4. The fraction of sp³-hybridized carbons (Fsp3) is 0. The highest BCUT2D eigenvalue weighted by Crippen LogP contribution is 2.25. The molecule has 1 amide bonds. The molecule has 0 saturated heterocycles. The van der Waals surface area contributed by atoms with Gasteiger partial charge in [0, 0.05) is 28.6 Å². The number of pyridine rings is 1. The van der Waals surface area contributed by atoms with Crippen LogP contribution < -0.4 is 10.1 Å². The summed E-state index contributed by atoms with van der Waals surface area (Å²) in [5.74, 6) is 0.991. The van der Waals surface area contributed by atoms with Crippen molar-refractivity contribution >= 4 is 39.1 Å². The Hall–Kier alpha value is -2.37. The Bertz CT molecular complexity index is 872. The second-order valence-corrected chi connectivity index (χ2v) is 6.21. The number of nitrogens with one attached hydrogen (secondary N) is 1. The van der Waals surface area contributed by atoms with Gasteiger partial charge in [-0.3, -0.25) is 9.78 Å². The normalized spacial score (nSPS) is 10.2. The van der Waals surface area contributed by atoms with E-state index in [0.29, 0.717) is 27.8 Å². The molecule has 0 bridgehead atoms. The Morgan fingerprint density at radius 2 is 1.83 bits per heavy atom. The standard InChI is InChI=1S/C18H12BrClN2O2/c19-12-4-5-17(20)16(10-12)18(23)22-13-2-1-3-15(11-13)24-14-6-8-21-9-7-14/h1-11H,(H,22,23). The van der Waals surface area contributed by atoms with Gasteiger partial charge in [0.25, 0.3) is 5.91 Å². The fourth-order valence-electron chi connectivity index (χ4n) is 2.05. The van der Waals surface area contributed by atoms with E-state index in [1.807, 2.05) is 6.07 Å². The lowest BCUT2D eigenvalue weighted by Gasteiger charge is -2.10. The number of hydrogen-bond donors (Lipinski definition) is 1. The van der Waals surface area contributed by atoms with Crippen molar-refractivity contribution in [1.29, 1.82) is 0 Å². The molecule has 120 valence electrons. The van der Waals surface area contributed by atoms with Gasteiger partial charge in [-0.1, -0.05) is 33.6 Å². The molecule has 0 aliphatic rings. The van der Waals surface area contributed by atoms with Gasteiger partial charge in [-0.15, -0.1) is 0 Å². The van der Waals surface area contributed by atoms with E-state index in [1.165, 1.54) is 0 Å². The molecular formula is C18H12BrClN2O2. The SMILES string of the molecule is O=C(Nc1cccc(Oc2ccncc2)c1)c1cc(Br)ccc1Cl. The lowest BCUT2D eigenvalue weighted by molar-refractivity contribution is 0.102. The third-order valence-electron chi connectivity index (χ3n) is 3.15. The van der Waals surface area contributed by atoms with Crippen molar-refractivity contribution in [3.63, 3.8) is 0 Å². The van der Waals surface area contributed by atoms with Crippen LogP contribution in [0.2, 0.25) is 5.02 Å². The van der Waals surface area contributed by atoms with Gasteiger partial charge in [-0.05, 0) is 42.5 Å². The molecule has 4 nitrogen and oxygen atoms in total. The van der Waals surface area contributed by atoms with Crippen molar-refractivity contribution in [3.8, 4) is 11.5 Å². The summed E-state index contributed by atoms with van der Waals surface area (Å²) < 4.78 is 6.51. The minimum Gasteiger partial charge on any atom is -0.457 e. The van der Waals surface area contributed by atoms with E-state index in [2.05, 4.69) is 26.2 Å². The molecule has 2 aromatic carbocycles. The number of anilines is 1. The molecular weight excluding hydrogens is 392 g/mol. The van der Waals surface area contributed by atoms with Crippen molar-refractivity contribution in [2.45, 2.75) is 0 Å². The van der Waals surface area contributed by atoms with Crippen molar-refractivity contribution in [2.75, 3.05) is 5.32 Å². The van der Waals surface area contributed by atoms with Gasteiger partial charge in [0.1, 0.15) is 11.5 Å². The van der Waals surface area contributed by atoms with E-state index in [9.17, 15) is 4.79 Å². The zero-order valence-electron chi connectivity index (χ0n) is 12.4. The number of hydrogen-bond acceptors (Lipinski definition) is 3. The summed E-state index contributed by atoms with van der Waals surface area (Å²) in [5, 5.41) is 3.20. The lowest BCUT2D eigenvalue weighted by Crippen LogP contribution is -2.12. The van der Waals surface area contributed by atoms with Crippen molar-refractivity contribution in [2.24, 2.45) is 0 Å². The predicted molar refractivity (Wildman–Crippen MR) is 97.9 cm³/mol. The average molecular weight is 404 g/mol. The molecule has 0 aliphatic carbocycles. The lowest BCUT2D eigenvalue weighted by atomic mass is 10.2. The van der Waals surface area contributed by atoms with E-state index in [0.717, 1.165) is 4.47 Å². The Morgan fingerprint density at radius 3 is 2.62 bits per heavy atom. The van der Waals surface area contributed by atoms with Gasteiger partial charge >= 0.3 is 0 Å². The molecule has 0 aliphatic heterocycles. The number of benzene rings is 2. The molecule has 24 heavy (non-hydrogen) atoms. The van der Waals surface area contributed by atoms with E-state index < -0.39 is 0 Å². The maximum absolute atomic E-state index is 12.4. The monoisotopic (exact) mass is 402 g/mol. The number of halogens is 2. The molecule has 0 fully saturated rings. The van der Waals surface area contributed by atoms with E-state index in [4.69, 9.17) is 16.3 Å². The van der Waals surface area contributed by atoms with Crippen molar-refractivity contribution < 1.29 is 9.53 Å². The first-order chi connectivity index (χ1) is 11.6. The quantitative estimate of drug-likeness (QED) is 0.622. The minimum absolute atomic E-state index is 0.289. The largest absolute Gasteiger partial charge is 0.457 e. The predicted octanol–water partition coefficient (Wildman–Crippen LogP) is 5.54. The maximum Gasteiger partial charge on any atom is 0.257 e. The summed E-state index contributed by atoms with van der Waals surface area (Å²) >= 11 is 9.42. The van der Waals surface area contributed by atoms with E-state index in [1.54, 1.807) is 60.9 Å². The van der Waals surface area contributed by atoms with Crippen molar-refractivity contribution in [3.05, 3.63) is 82.0 Å². The smallest absolute Gasteiger partial charge is 0.257 e. The molecule has 0 radical (unpaired) electrons. The van der Waals surface area contributed by atoms with Gasteiger partial charge in [0.15, 0.2) is 0 Å². The van der Waals surface area contributed by atoms with Gasteiger partial charge in [-0.25, -0.2) is 0 Å². The summed E-state index contributed by atoms with van der Waals surface area (Å²) in [6.45, 7) is 0. The topological polar surface area (TPSA) is 51.2 Å². The van der Waals surface area contributed by atoms with Crippen LogP contribution in [0.1, 0.15) is 10.4 Å². The number of rotatable bonds is 4. The molecule has 6 heteroatoms. The molecule has 0 saturated carbocycles. The number of ether oxygens (including phenoxy) is 1. The Morgan fingerprint density at radius 1 is 1.04 bits per heavy atom. The second kappa shape index (κ2) is 7.47. The first-order valence-electron chi connectivity index (χ1n) is 7.06. The molecule has 1 heterocycles. The Balaban J connectivity index is 1.77. The van der Waals surface area contributed by atoms with Crippen LogP contribution in [-0.4, -0.2) is 10.9 Å². The zero-order valence-corrected chi connectivity index (χ0v) is 14.7. The number of amides is 1. The van der Waals surface area contributed by atoms with Gasteiger partial charge in [0.2, 0.25) is 0 Å². The zero-order chi connectivity index (χ0) is 16.9. The summed E-state index contributed by atoms with van der Waals surface area (Å²) in [6.07, 6.45) is 3.30. The first kappa shape index (κ1) is 16.5. The summed E-state index contributed by atoms with van der Waals surface area (Å²) in [4.78, 5) is 16.3. The van der Waals surface area contributed by atoms with Crippen LogP contribution in [-0.2, 0) is 0 Å². The molecule has 0 atom stereocenters. The third kappa shape index (κ3) is 4.13. The Kier molecular flexibility index (Phi) is 5.13. The number of nitrogens with zero attached hydrogens (tertiary/aromatic N) is 1. The highest BCUT2D eigenvalue weighted by molar-refractivity contribution is 9.10. The highest BCUT2D eigenvalue weighted by atomic mass is 79.9. The van der Waals surface area contributed by atoms with E-state index in [-0.39, 0.29) is 5.91 Å². The average Bonchev–Trinajstić information content (AvgIpc) is 2.58. The molecule has 3 aromatic rings. The van der Waals surface area contributed by atoms with Crippen LogP contribution in [0.5, 0.6) is 11.5 Å². The third-order valence-corrected chi connectivity index (χ3v) is 3.97. The van der Waals surface area contributed by atoms with Crippen LogP contribution in [0.15, 0.2) is 71.5 Å². The van der Waals surface area contributed by atoms with E-state index >= 15 is 0 Å². The number of carbonyl (C=O) groups excluding carboxylic acids is 1. The van der Waals surface area contributed by atoms with Crippen molar-refractivity contribution in [1.82, 2.24) is 4.98 Å². The van der Waals surface area contributed by atoms with Crippen LogP contribution in [0.3, 0.4) is 0 Å². The van der Waals surface area contributed by atoms with Crippen LogP contribution in [0.25, 0.3) is 0 Å². The van der Waals surface area contributed by atoms with Crippen LogP contribution in [0.4, 0.5) is 5.69 Å². The number of carbonyl (C=O) groups is 1. The number of aromatic nitrogens is 1. The first-order valence-corrected chi connectivity index (χ1v) is 8.23. The second-order valence-electron chi connectivity index (χ2n) is 4.89.